The van der Waals surface area contributed by atoms with E-state index in [4.69, 9.17) is 5.26 Å². The zero-order valence-corrected chi connectivity index (χ0v) is 10.7. The molecule has 0 radical (unpaired) electrons. The Balaban J connectivity index is 4.44. The summed E-state index contributed by atoms with van der Waals surface area (Å²) in [5.74, 6) is -1.07. The highest BCUT2D eigenvalue weighted by molar-refractivity contribution is 7.89. The number of nitriles is 1. The van der Waals surface area contributed by atoms with Crippen LogP contribution in [0.3, 0.4) is 0 Å². The fraction of sp³-hybridized carbons (Fsp3) is 0.778. The number of sulfonamides is 1. The lowest BCUT2D eigenvalue weighted by Crippen LogP contribution is -2.51. The first kappa shape index (κ1) is 14.9. The van der Waals surface area contributed by atoms with Gasteiger partial charge in [-0.15, -0.1) is 0 Å². The van der Waals surface area contributed by atoms with Crippen LogP contribution in [0.2, 0.25) is 0 Å². The molecule has 2 N–H and O–H groups in total. The normalized spacial score (nSPS) is 13.9. The van der Waals surface area contributed by atoms with E-state index in [2.05, 4.69) is 10.0 Å². The van der Waals surface area contributed by atoms with Crippen LogP contribution in [0.15, 0.2) is 0 Å². The topological polar surface area (TPSA) is 99.1 Å². The summed E-state index contributed by atoms with van der Waals surface area (Å²) >= 11 is 0. The van der Waals surface area contributed by atoms with Crippen LogP contribution in [0.4, 0.5) is 0 Å². The van der Waals surface area contributed by atoms with Gasteiger partial charge in [-0.2, -0.15) is 5.26 Å². The standard InChI is InChI=1S/C9H17N3O3S/c1-7(8(13)11-9(2,3)4)12-16(14,15)6-5-10/h7,12H,6H2,1-4H3,(H,11,13). The van der Waals surface area contributed by atoms with E-state index in [1.165, 1.54) is 13.0 Å². The van der Waals surface area contributed by atoms with Crippen molar-refractivity contribution in [2.75, 3.05) is 5.75 Å². The first-order valence-electron chi connectivity index (χ1n) is 4.76. The SMILES string of the molecule is CC(NS(=O)(=O)CC#N)C(=O)NC(C)(C)C. The van der Waals surface area contributed by atoms with Crippen molar-refractivity contribution in [3.05, 3.63) is 0 Å². The molecule has 0 aliphatic carbocycles. The molecule has 92 valence electrons. The third-order valence-electron chi connectivity index (χ3n) is 1.50. The van der Waals surface area contributed by atoms with Gasteiger partial charge in [-0.3, -0.25) is 4.79 Å². The average Bonchev–Trinajstić information content (AvgIpc) is 1.99. The monoisotopic (exact) mass is 247 g/mol. The van der Waals surface area contributed by atoms with Crippen molar-refractivity contribution in [1.29, 1.82) is 5.26 Å². The molecular weight excluding hydrogens is 230 g/mol. The molecule has 7 heteroatoms. The van der Waals surface area contributed by atoms with E-state index in [1.54, 1.807) is 20.8 Å². The molecule has 6 nitrogen and oxygen atoms in total. The van der Waals surface area contributed by atoms with Gasteiger partial charge in [-0.05, 0) is 27.7 Å². The van der Waals surface area contributed by atoms with E-state index in [0.717, 1.165) is 0 Å². The minimum Gasteiger partial charge on any atom is -0.350 e. The highest BCUT2D eigenvalue weighted by Gasteiger charge is 2.23. The molecular formula is C9H17N3O3S. The highest BCUT2D eigenvalue weighted by Crippen LogP contribution is 2.00. The third kappa shape index (κ3) is 6.37. The molecule has 0 saturated heterocycles. The van der Waals surface area contributed by atoms with E-state index in [1.807, 2.05) is 0 Å². The molecule has 0 bridgehead atoms. The maximum atomic E-state index is 11.5. The van der Waals surface area contributed by atoms with E-state index >= 15 is 0 Å². The minimum atomic E-state index is -3.70. The number of amides is 1. The number of carbonyl (C=O) groups is 1. The molecule has 0 aromatic rings. The van der Waals surface area contributed by atoms with E-state index in [9.17, 15) is 13.2 Å². The van der Waals surface area contributed by atoms with Crippen molar-refractivity contribution >= 4 is 15.9 Å². The molecule has 0 spiro atoms. The first-order chi connectivity index (χ1) is 7.07. The molecule has 0 rings (SSSR count). The Bertz CT molecular complexity index is 389. The molecule has 0 aliphatic rings. The maximum absolute atomic E-state index is 11.5. The van der Waals surface area contributed by atoms with E-state index in [0.29, 0.717) is 0 Å². The summed E-state index contributed by atoms with van der Waals surface area (Å²) < 4.78 is 24.5. The van der Waals surface area contributed by atoms with Crippen molar-refractivity contribution in [3.63, 3.8) is 0 Å². The van der Waals surface area contributed by atoms with Crippen LogP contribution < -0.4 is 10.0 Å². The van der Waals surface area contributed by atoms with Gasteiger partial charge in [0, 0.05) is 5.54 Å². The second-order valence-electron chi connectivity index (χ2n) is 4.50. The second kappa shape index (κ2) is 5.27. The van der Waals surface area contributed by atoms with Gasteiger partial charge < -0.3 is 5.32 Å². The van der Waals surface area contributed by atoms with Gasteiger partial charge in [0.05, 0.1) is 12.1 Å². The molecule has 0 heterocycles. The van der Waals surface area contributed by atoms with Crippen molar-refractivity contribution in [2.24, 2.45) is 0 Å². The number of hydrogen-bond acceptors (Lipinski definition) is 4. The predicted molar refractivity (Wildman–Crippen MR) is 59.9 cm³/mol. The summed E-state index contributed by atoms with van der Waals surface area (Å²) in [5, 5.41) is 10.9. The molecule has 1 atom stereocenters. The molecule has 0 aromatic carbocycles. The van der Waals surface area contributed by atoms with Crippen LogP contribution in [0, 0.1) is 11.3 Å². The van der Waals surface area contributed by atoms with Crippen molar-refractivity contribution in [2.45, 2.75) is 39.3 Å². The van der Waals surface area contributed by atoms with Crippen LogP contribution in [-0.2, 0) is 14.8 Å². The van der Waals surface area contributed by atoms with Crippen LogP contribution in [0.1, 0.15) is 27.7 Å². The third-order valence-corrected chi connectivity index (χ3v) is 2.72. The predicted octanol–water partition coefficient (Wildman–Crippen LogP) is -0.267. The van der Waals surface area contributed by atoms with Gasteiger partial charge in [0.1, 0.15) is 0 Å². The van der Waals surface area contributed by atoms with Crippen LogP contribution in [-0.4, -0.2) is 31.7 Å². The largest absolute Gasteiger partial charge is 0.350 e. The summed E-state index contributed by atoms with van der Waals surface area (Å²) in [5.41, 5.74) is -0.425. The van der Waals surface area contributed by atoms with E-state index < -0.39 is 33.3 Å². The molecule has 0 fully saturated rings. The summed E-state index contributed by atoms with van der Waals surface area (Å²) in [6.45, 7) is 6.81. The molecule has 16 heavy (non-hydrogen) atoms. The average molecular weight is 247 g/mol. The Kier molecular flexibility index (Phi) is 4.90. The molecule has 0 saturated carbocycles. The molecule has 0 aliphatic heterocycles. The molecule has 1 unspecified atom stereocenters. The molecule has 1 amide bonds. The van der Waals surface area contributed by atoms with Crippen LogP contribution in [0.5, 0.6) is 0 Å². The number of rotatable bonds is 4. The van der Waals surface area contributed by atoms with Crippen LogP contribution >= 0.6 is 0 Å². The van der Waals surface area contributed by atoms with Gasteiger partial charge in [0.2, 0.25) is 15.9 Å². The highest BCUT2D eigenvalue weighted by atomic mass is 32.2. The van der Waals surface area contributed by atoms with Gasteiger partial charge in [-0.25, -0.2) is 13.1 Å². The number of hydrogen-bond donors (Lipinski definition) is 2. The fourth-order valence-corrected chi connectivity index (χ4v) is 1.83. The zero-order chi connectivity index (χ0) is 13.0. The van der Waals surface area contributed by atoms with Gasteiger partial charge in [0.25, 0.3) is 0 Å². The minimum absolute atomic E-state index is 0.422. The number of carbonyl (C=O) groups excluding carboxylic acids is 1. The molecule has 0 aromatic heterocycles. The quantitative estimate of drug-likeness (QED) is 0.714. The number of nitrogens with zero attached hydrogens (tertiary/aromatic N) is 1. The lowest BCUT2D eigenvalue weighted by molar-refractivity contribution is -0.123. The zero-order valence-electron chi connectivity index (χ0n) is 9.86. The summed E-state index contributed by atoms with van der Waals surface area (Å²) in [6, 6.07) is 0.627. The van der Waals surface area contributed by atoms with Gasteiger partial charge in [0.15, 0.2) is 5.75 Å². The Hall–Kier alpha value is -1.13. The van der Waals surface area contributed by atoms with Crippen molar-refractivity contribution in [1.82, 2.24) is 10.0 Å². The number of nitrogens with one attached hydrogen (secondary N) is 2. The smallest absolute Gasteiger partial charge is 0.238 e. The Labute approximate surface area is 96.1 Å². The Morgan fingerprint density at radius 2 is 1.94 bits per heavy atom. The van der Waals surface area contributed by atoms with Crippen LogP contribution in [0.25, 0.3) is 0 Å². The Morgan fingerprint density at radius 1 is 1.44 bits per heavy atom. The fourth-order valence-electron chi connectivity index (χ4n) is 0.927. The Morgan fingerprint density at radius 3 is 2.31 bits per heavy atom. The van der Waals surface area contributed by atoms with Crippen molar-refractivity contribution in [3.8, 4) is 6.07 Å². The first-order valence-corrected chi connectivity index (χ1v) is 6.41. The summed E-state index contributed by atoms with van der Waals surface area (Å²) in [4.78, 5) is 11.5. The van der Waals surface area contributed by atoms with E-state index in [-0.39, 0.29) is 0 Å². The lowest BCUT2D eigenvalue weighted by atomic mass is 10.1. The summed E-state index contributed by atoms with van der Waals surface area (Å²) in [6.07, 6.45) is 0. The van der Waals surface area contributed by atoms with Gasteiger partial charge in [-0.1, -0.05) is 0 Å². The maximum Gasteiger partial charge on any atom is 0.238 e. The second-order valence-corrected chi connectivity index (χ2v) is 6.25. The summed E-state index contributed by atoms with van der Waals surface area (Å²) in [7, 11) is -3.70. The van der Waals surface area contributed by atoms with Gasteiger partial charge >= 0.3 is 0 Å². The van der Waals surface area contributed by atoms with Crippen molar-refractivity contribution < 1.29 is 13.2 Å². The lowest BCUT2D eigenvalue weighted by Gasteiger charge is -2.23.